The number of ether oxygens (including phenoxy) is 1. The minimum Gasteiger partial charge on any atom is -0.380 e. The van der Waals surface area contributed by atoms with Crippen molar-refractivity contribution in [3.8, 4) is 6.07 Å². The third-order valence-corrected chi connectivity index (χ3v) is 4.02. The van der Waals surface area contributed by atoms with Gasteiger partial charge in [0.1, 0.15) is 5.82 Å². The minimum atomic E-state index is -0.935. The lowest BCUT2D eigenvalue weighted by atomic mass is 9.97. The molecule has 3 aromatic rings. The average molecular weight is 319 g/mol. The summed E-state index contributed by atoms with van der Waals surface area (Å²) in [5, 5.41) is 9.56. The van der Waals surface area contributed by atoms with E-state index in [1.165, 1.54) is 0 Å². The number of Topliss-reactive ketones (excluding diaryl/α,β-unsaturated/α-hetero) is 1. The average Bonchev–Trinajstić information content (AvgIpc) is 2.94. The summed E-state index contributed by atoms with van der Waals surface area (Å²) in [6.07, 6.45) is 0. The van der Waals surface area contributed by atoms with E-state index in [4.69, 9.17) is 4.74 Å². The summed E-state index contributed by atoms with van der Waals surface area (Å²) in [5.74, 6) is -0.722. The van der Waals surface area contributed by atoms with Crippen LogP contribution in [0.5, 0.6) is 0 Å². The molecule has 1 heterocycles. The number of rotatable bonds is 5. The fourth-order valence-electron chi connectivity index (χ4n) is 2.75. The van der Waals surface area contributed by atoms with E-state index in [2.05, 4.69) is 11.1 Å². The van der Waals surface area contributed by atoms with Crippen LogP contribution in [0.3, 0.4) is 0 Å². The van der Waals surface area contributed by atoms with Crippen molar-refractivity contribution in [1.82, 2.24) is 9.55 Å². The quantitative estimate of drug-likeness (QED) is 0.677. The van der Waals surface area contributed by atoms with Crippen molar-refractivity contribution in [1.29, 1.82) is 5.26 Å². The topological polar surface area (TPSA) is 67.9 Å². The van der Waals surface area contributed by atoms with Crippen molar-refractivity contribution in [2.45, 2.75) is 12.5 Å². The summed E-state index contributed by atoms with van der Waals surface area (Å²) in [6.45, 7) is 0.487. The van der Waals surface area contributed by atoms with Crippen LogP contribution in [-0.2, 0) is 18.4 Å². The highest BCUT2D eigenvalue weighted by molar-refractivity contribution is 6.02. The largest absolute Gasteiger partial charge is 0.380 e. The van der Waals surface area contributed by atoms with E-state index >= 15 is 0 Å². The van der Waals surface area contributed by atoms with Crippen LogP contribution in [0, 0.1) is 11.3 Å². The van der Waals surface area contributed by atoms with Crippen LogP contribution < -0.4 is 0 Å². The van der Waals surface area contributed by atoms with E-state index in [-0.39, 0.29) is 5.78 Å². The molecule has 0 saturated heterocycles. The minimum absolute atomic E-state index is 0.250. The molecule has 1 atom stereocenters. The molecule has 0 radical (unpaired) electrons. The molecule has 0 N–H and O–H groups in total. The standard InChI is InChI=1S/C19H17N3O2/c1-22-17-6-4-3-5-16(17)21-19(22)15(11-20)18(23)14-9-7-13(8-10-14)12-24-2/h3-10,15H,12H2,1-2H3. The number of aromatic nitrogens is 2. The molecule has 3 rings (SSSR count). The van der Waals surface area contributed by atoms with Crippen molar-refractivity contribution in [3.05, 3.63) is 65.5 Å². The molecule has 0 bridgehead atoms. The Labute approximate surface area is 140 Å². The summed E-state index contributed by atoms with van der Waals surface area (Å²) in [4.78, 5) is 17.2. The number of imidazole rings is 1. The number of nitriles is 1. The van der Waals surface area contributed by atoms with Crippen molar-refractivity contribution >= 4 is 16.8 Å². The third kappa shape index (κ3) is 2.80. The Kier molecular flexibility index (Phi) is 4.41. The number of carbonyl (C=O) groups is 1. The molecule has 0 fully saturated rings. The highest BCUT2D eigenvalue weighted by Gasteiger charge is 2.26. The van der Waals surface area contributed by atoms with Crippen LogP contribution in [0.1, 0.15) is 27.7 Å². The molecular weight excluding hydrogens is 302 g/mol. The zero-order chi connectivity index (χ0) is 17.1. The molecule has 0 spiro atoms. The number of methoxy groups -OCH3 is 1. The van der Waals surface area contributed by atoms with Crippen molar-refractivity contribution < 1.29 is 9.53 Å². The number of para-hydroxylation sites is 2. The molecule has 24 heavy (non-hydrogen) atoms. The fourth-order valence-corrected chi connectivity index (χ4v) is 2.75. The first-order chi connectivity index (χ1) is 11.7. The smallest absolute Gasteiger partial charge is 0.187 e. The van der Waals surface area contributed by atoms with Crippen molar-refractivity contribution in [3.63, 3.8) is 0 Å². The van der Waals surface area contributed by atoms with Crippen LogP contribution >= 0.6 is 0 Å². The van der Waals surface area contributed by atoms with Gasteiger partial charge in [-0.25, -0.2) is 4.98 Å². The van der Waals surface area contributed by atoms with Gasteiger partial charge in [0.05, 0.1) is 23.7 Å². The number of hydrogen-bond acceptors (Lipinski definition) is 4. The molecule has 1 aromatic heterocycles. The number of ketones is 1. The van der Waals surface area contributed by atoms with Crippen molar-refractivity contribution in [2.75, 3.05) is 7.11 Å². The summed E-state index contributed by atoms with van der Waals surface area (Å²) in [7, 11) is 3.44. The first-order valence-electron chi connectivity index (χ1n) is 7.58. The lowest BCUT2D eigenvalue weighted by molar-refractivity contribution is 0.0975. The van der Waals surface area contributed by atoms with Crippen LogP contribution in [-0.4, -0.2) is 22.4 Å². The number of fused-ring (bicyclic) bond motifs is 1. The van der Waals surface area contributed by atoms with Gasteiger partial charge in [-0.15, -0.1) is 0 Å². The Hall–Kier alpha value is -2.97. The first kappa shape index (κ1) is 15.9. The highest BCUT2D eigenvalue weighted by atomic mass is 16.5. The molecular formula is C19H17N3O2. The maximum atomic E-state index is 12.8. The second-order valence-electron chi connectivity index (χ2n) is 5.57. The second-order valence-corrected chi connectivity index (χ2v) is 5.57. The molecule has 5 heteroatoms. The zero-order valence-electron chi connectivity index (χ0n) is 13.6. The third-order valence-electron chi connectivity index (χ3n) is 4.02. The lowest BCUT2D eigenvalue weighted by Crippen LogP contribution is -2.15. The van der Waals surface area contributed by atoms with Gasteiger partial charge in [-0.1, -0.05) is 36.4 Å². The molecule has 2 aromatic carbocycles. The number of hydrogen-bond donors (Lipinski definition) is 0. The summed E-state index contributed by atoms with van der Waals surface area (Å²) in [6, 6.07) is 16.8. The van der Waals surface area contributed by atoms with Gasteiger partial charge in [-0.2, -0.15) is 5.26 Å². The fraction of sp³-hybridized carbons (Fsp3) is 0.211. The predicted octanol–water partition coefficient (Wildman–Crippen LogP) is 3.21. The van der Waals surface area contributed by atoms with Gasteiger partial charge in [0.2, 0.25) is 0 Å². The maximum Gasteiger partial charge on any atom is 0.187 e. The molecule has 5 nitrogen and oxygen atoms in total. The summed E-state index contributed by atoms with van der Waals surface area (Å²) >= 11 is 0. The lowest BCUT2D eigenvalue weighted by Gasteiger charge is -2.09. The van der Waals surface area contributed by atoms with E-state index in [1.807, 2.05) is 43.4 Å². The van der Waals surface area contributed by atoms with Crippen molar-refractivity contribution in [2.24, 2.45) is 7.05 Å². The molecule has 0 saturated carbocycles. The van der Waals surface area contributed by atoms with E-state index in [0.29, 0.717) is 18.0 Å². The van der Waals surface area contributed by atoms with E-state index < -0.39 is 5.92 Å². The van der Waals surface area contributed by atoms with Gasteiger partial charge in [-0.3, -0.25) is 4.79 Å². The predicted molar refractivity (Wildman–Crippen MR) is 90.6 cm³/mol. The Balaban J connectivity index is 1.96. The van der Waals surface area contributed by atoms with Crippen LogP contribution in [0.25, 0.3) is 11.0 Å². The Morgan fingerprint density at radius 2 is 1.96 bits per heavy atom. The number of benzene rings is 2. The number of nitrogens with zero attached hydrogens (tertiary/aromatic N) is 3. The molecule has 1 unspecified atom stereocenters. The molecule has 120 valence electrons. The van der Waals surface area contributed by atoms with Gasteiger partial charge in [-0.05, 0) is 17.7 Å². The summed E-state index contributed by atoms with van der Waals surface area (Å²) in [5.41, 5.74) is 3.15. The van der Waals surface area contributed by atoms with E-state index in [1.54, 1.807) is 23.8 Å². The van der Waals surface area contributed by atoms with Crippen LogP contribution in [0.2, 0.25) is 0 Å². The molecule has 0 aliphatic heterocycles. The first-order valence-corrected chi connectivity index (χ1v) is 7.58. The van der Waals surface area contributed by atoms with Gasteiger partial charge < -0.3 is 9.30 Å². The Morgan fingerprint density at radius 1 is 1.25 bits per heavy atom. The van der Waals surface area contributed by atoms with E-state index in [9.17, 15) is 10.1 Å². The molecule has 0 aliphatic rings. The maximum absolute atomic E-state index is 12.8. The molecule has 0 aliphatic carbocycles. The SMILES string of the molecule is COCc1ccc(C(=O)C(C#N)c2nc3ccccc3n2C)cc1. The summed E-state index contributed by atoms with van der Waals surface area (Å²) < 4.78 is 6.87. The Bertz CT molecular complexity index is 920. The van der Waals surface area contributed by atoms with Crippen LogP contribution in [0.15, 0.2) is 48.5 Å². The zero-order valence-corrected chi connectivity index (χ0v) is 13.6. The normalized spacial score (nSPS) is 12.0. The number of aryl methyl sites for hydroxylation is 1. The van der Waals surface area contributed by atoms with Crippen LogP contribution in [0.4, 0.5) is 0 Å². The van der Waals surface area contributed by atoms with Gasteiger partial charge in [0.25, 0.3) is 0 Å². The second kappa shape index (κ2) is 6.65. The monoisotopic (exact) mass is 319 g/mol. The molecule has 0 amide bonds. The van der Waals surface area contributed by atoms with Gasteiger partial charge in [0.15, 0.2) is 11.7 Å². The highest BCUT2D eigenvalue weighted by Crippen LogP contribution is 2.24. The Morgan fingerprint density at radius 3 is 2.58 bits per heavy atom. The van der Waals surface area contributed by atoms with Gasteiger partial charge >= 0.3 is 0 Å². The van der Waals surface area contributed by atoms with E-state index in [0.717, 1.165) is 16.6 Å². The number of carbonyl (C=O) groups excluding carboxylic acids is 1. The van der Waals surface area contributed by atoms with Gasteiger partial charge in [0, 0.05) is 19.7 Å².